The third-order valence-electron chi connectivity index (χ3n) is 3.11. The summed E-state index contributed by atoms with van der Waals surface area (Å²) in [5, 5.41) is 10.5. The fourth-order valence-corrected chi connectivity index (χ4v) is 1.96. The van der Waals surface area contributed by atoms with Crippen LogP contribution in [-0.4, -0.2) is 34.4 Å². The van der Waals surface area contributed by atoms with Crippen LogP contribution in [0.2, 0.25) is 0 Å². The maximum absolute atomic E-state index is 5.50. The molecule has 1 aromatic carbocycles. The largest absolute Gasteiger partial charge is 0.494 e. The van der Waals surface area contributed by atoms with E-state index in [1.165, 1.54) is 6.33 Å². The van der Waals surface area contributed by atoms with Crippen molar-refractivity contribution in [1.29, 1.82) is 0 Å². The highest BCUT2D eigenvalue weighted by molar-refractivity contribution is 5.79. The van der Waals surface area contributed by atoms with E-state index >= 15 is 0 Å². The molecule has 2 aromatic rings. The van der Waals surface area contributed by atoms with Crippen molar-refractivity contribution in [3.05, 3.63) is 42.0 Å². The van der Waals surface area contributed by atoms with Crippen LogP contribution in [0.1, 0.15) is 18.3 Å². The van der Waals surface area contributed by atoms with Gasteiger partial charge in [0, 0.05) is 20.6 Å². The molecule has 0 saturated carbocycles. The molecule has 1 heterocycles. The number of guanidine groups is 1. The maximum Gasteiger partial charge on any atom is 0.191 e. The first-order chi connectivity index (χ1) is 10.7. The molecule has 1 aromatic heterocycles. The number of aliphatic imine (C=N–C) groups is 1. The fourth-order valence-electron chi connectivity index (χ4n) is 1.96. The third-order valence-corrected chi connectivity index (χ3v) is 3.11. The summed E-state index contributed by atoms with van der Waals surface area (Å²) in [6.45, 7) is 3.87. The van der Waals surface area contributed by atoms with Crippen LogP contribution < -0.4 is 15.4 Å². The average molecular weight is 302 g/mol. The fraction of sp³-hybridized carbons (Fsp3) is 0.400. The zero-order chi connectivity index (χ0) is 15.8. The van der Waals surface area contributed by atoms with E-state index in [1.54, 1.807) is 11.7 Å². The molecule has 2 rings (SSSR count). The molecule has 0 aliphatic carbocycles. The second kappa shape index (κ2) is 8.02. The molecule has 0 amide bonds. The Balaban J connectivity index is 1.86. The predicted octanol–water partition coefficient (Wildman–Crippen LogP) is 1.08. The van der Waals surface area contributed by atoms with E-state index in [-0.39, 0.29) is 0 Å². The van der Waals surface area contributed by atoms with Crippen molar-refractivity contribution in [2.24, 2.45) is 12.0 Å². The minimum absolute atomic E-state index is 0.565. The summed E-state index contributed by atoms with van der Waals surface area (Å²) < 4.78 is 7.23. The first-order valence-corrected chi connectivity index (χ1v) is 7.22. The summed E-state index contributed by atoms with van der Waals surface area (Å²) in [7, 11) is 3.60. The van der Waals surface area contributed by atoms with Crippen LogP contribution in [0.25, 0.3) is 0 Å². The van der Waals surface area contributed by atoms with Crippen molar-refractivity contribution in [3.63, 3.8) is 0 Å². The van der Waals surface area contributed by atoms with E-state index in [4.69, 9.17) is 4.74 Å². The molecule has 7 heteroatoms. The van der Waals surface area contributed by atoms with Gasteiger partial charge in [-0.3, -0.25) is 9.67 Å². The molecule has 0 saturated heterocycles. The van der Waals surface area contributed by atoms with Crippen LogP contribution in [0.5, 0.6) is 5.75 Å². The van der Waals surface area contributed by atoms with Crippen LogP contribution in [0, 0.1) is 0 Å². The molecule has 0 fully saturated rings. The number of hydrogen-bond donors (Lipinski definition) is 2. The monoisotopic (exact) mass is 302 g/mol. The van der Waals surface area contributed by atoms with Crippen molar-refractivity contribution >= 4 is 5.96 Å². The number of ether oxygens (including phenoxy) is 1. The van der Waals surface area contributed by atoms with Crippen molar-refractivity contribution in [2.75, 3.05) is 13.7 Å². The maximum atomic E-state index is 5.50. The molecule has 0 aliphatic rings. The Morgan fingerprint density at radius 3 is 2.82 bits per heavy atom. The van der Waals surface area contributed by atoms with Crippen molar-refractivity contribution in [2.45, 2.75) is 20.0 Å². The number of nitrogens with one attached hydrogen (secondary N) is 2. The van der Waals surface area contributed by atoms with Gasteiger partial charge in [-0.2, -0.15) is 5.10 Å². The van der Waals surface area contributed by atoms with Gasteiger partial charge in [-0.15, -0.1) is 0 Å². The summed E-state index contributed by atoms with van der Waals surface area (Å²) in [5.41, 5.74) is 1.13. The standard InChI is InChI=1S/C15H22N6O/c1-4-22-13-7-5-6-12(8-13)9-17-15(16-2)18-10-14-19-11-20-21(14)3/h5-8,11H,4,9-10H2,1-3H3,(H2,16,17,18). The van der Waals surface area contributed by atoms with Gasteiger partial charge in [0.2, 0.25) is 0 Å². The van der Waals surface area contributed by atoms with Crippen molar-refractivity contribution in [3.8, 4) is 5.75 Å². The van der Waals surface area contributed by atoms with Gasteiger partial charge >= 0.3 is 0 Å². The first-order valence-electron chi connectivity index (χ1n) is 7.22. The first kappa shape index (κ1) is 15.8. The van der Waals surface area contributed by atoms with Crippen LogP contribution >= 0.6 is 0 Å². The molecule has 0 unspecified atom stereocenters. The molecule has 0 radical (unpaired) electrons. The molecule has 118 valence electrons. The van der Waals surface area contributed by atoms with E-state index in [1.807, 2.05) is 38.2 Å². The Hall–Kier alpha value is -2.57. The van der Waals surface area contributed by atoms with E-state index in [9.17, 15) is 0 Å². The summed E-state index contributed by atoms with van der Waals surface area (Å²) >= 11 is 0. The van der Waals surface area contributed by atoms with Gasteiger partial charge in [0.05, 0.1) is 13.2 Å². The number of nitrogens with zero attached hydrogens (tertiary/aromatic N) is 4. The Bertz CT molecular complexity index is 622. The van der Waals surface area contributed by atoms with Crippen LogP contribution in [0.15, 0.2) is 35.6 Å². The topological polar surface area (TPSA) is 76.4 Å². The molecular weight excluding hydrogens is 280 g/mol. The second-order valence-corrected chi connectivity index (χ2v) is 4.66. The smallest absolute Gasteiger partial charge is 0.191 e. The molecule has 2 N–H and O–H groups in total. The SMILES string of the molecule is CCOc1cccc(CNC(=NC)NCc2ncnn2C)c1. The van der Waals surface area contributed by atoms with Gasteiger partial charge in [0.1, 0.15) is 17.9 Å². The van der Waals surface area contributed by atoms with Crippen molar-refractivity contribution in [1.82, 2.24) is 25.4 Å². The normalized spacial score (nSPS) is 11.3. The van der Waals surface area contributed by atoms with Crippen molar-refractivity contribution < 1.29 is 4.74 Å². The molecule has 0 spiro atoms. The Morgan fingerprint density at radius 2 is 2.14 bits per heavy atom. The third kappa shape index (κ3) is 4.47. The average Bonchev–Trinajstić information content (AvgIpc) is 2.93. The highest BCUT2D eigenvalue weighted by Gasteiger charge is 2.03. The van der Waals surface area contributed by atoms with Crippen LogP contribution in [0.4, 0.5) is 0 Å². The summed E-state index contributed by atoms with van der Waals surface area (Å²) in [4.78, 5) is 8.36. The highest BCUT2D eigenvalue weighted by Crippen LogP contribution is 2.12. The minimum atomic E-state index is 0.565. The Labute approximate surface area is 130 Å². The molecule has 0 bridgehead atoms. The lowest BCUT2D eigenvalue weighted by Crippen LogP contribution is -2.36. The lowest BCUT2D eigenvalue weighted by molar-refractivity contribution is 0.340. The van der Waals surface area contributed by atoms with Gasteiger partial charge < -0.3 is 15.4 Å². The van der Waals surface area contributed by atoms with Gasteiger partial charge in [-0.05, 0) is 24.6 Å². The minimum Gasteiger partial charge on any atom is -0.494 e. The quantitative estimate of drug-likeness (QED) is 0.617. The second-order valence-electron chi connectivity index (χ2n) is 4.66. The zero-order valence-electron chi connectivity index (χ0n) is 13.2. The summed E-state index contributed by atoms with van der Waals surface area (Å²) in [6.07, 6.45) is 1.53. The molecule has 0 atom stereocenters. The Morgan fingerprint density at radius 1 is 1.32 bits per heavy atom. The summed E-state index contributed by atoms with van der Waals surface area (Å²) in [6, 6.07) is 8.00. The number of benzene rings is 1. The number of rotatable bonds is 6. The van der Waals surface area contributed by atoms with Gasteiger partial charge in [-0.1, -0.05) is 12.1 Å². The lowest BCUT2D eigenvalue weighted by atomic mass is 10.2. The molecule has 0 aliphatic heterocycles. The highest BCUT2D eigenvalue weighted by atomic mass is 16.5. The van der Waals surface area contributed by atoms with Gasteiger partial charge in [-0.25, -0.2) is 4.98 Å². The van der Waals surface area contributed by atoms with E-state index in [2.05, 4.69) is 25.7 Å². The molecule has 22 heavy (non-hydrogen) atoms. The van der Waals surface area contributed by atoms with Crippen LogP contribution in [0.3, 0.4) is 0 Å². The predicted molar refractivity (Wildman–Crippen MR) is 85.7 cm³/mol. The van der Waals surface area contributed by atoms with Gasteiger partial charge in [0.15, 0.2) is 5.96 Å². The van der Waals surface area contributed by atoms with Gasteiger partial charge in [0.25, 0.3) is 0 Å². The molecule has 7 nitrogen and oxygen atoms in total. The zero-order valence-corrected chi connectivity index (χ0v) is 13.2. The van der Waals surface area contributed by atoms with E-state index in [0.29, 0.717) is 25.7 Å². The number of aryl methyl sites for hydroxylation is 1. The van der Waals surface area contributed by atoms with E-state index in [0.717, 1.165) is 17.1 Å². The lowest BCUT2D eigenvalue weighted by Gasteiger charge is -2.12. The number of hydrogen-bond acceptors (Lipinski definition) is 4. The Kier molecular flexibility index (Phi) is 5.76. The molecular formula is C15H22N6O. The van der Waals surface area contributed by atoms with E-state index < -0.39 is 0 Å². The number of aromatic nitrogens is 3. The summed E-state index contributed by atoms with van der Waals surface area (Å²) in [5.74, 6) is 2.44. The van der Waals surface area contributed by atoms with Crippen LogP contribution in [-0.2, 0) is 20.1 Å².